The largest absolute Gasteiger partial charge is 0.344 e. The molecule has 0 unspecified atom stereocenters. The van der Waals surface area contributed by atoms with Crippen molar-refractivity contribution in [3.05, 3.63) is 46.8 Å². The molecule has 0 aliphatic rings. The second-order valence-electron chi connectivity index (χ2n) is 3.51. The van der Waals surface area contributed by atoms with Crippen LogP contribution in [-0.4, -0.2) is 10.1 Å². The molecule has 0 spiro atoms. The summed E-state index contributed by atoms with van der Waals surface area (Å²) >= 11 is 11.8. The SMILES string of the molecule is Clc1cc(-c2ccc(Cl)c3cccnc23)no1. The summed E-state index contributed by atoms with van der Waals surface area (Å²) in [6, 6.07) is 9.07. The van der Waals surface area contributed by atoms with Crippen molar-refractivity contribution in [1.82, 2.24) is 10.1 Å². The van der Waals surface area contributed by atoms with Crippen LogP contribution in [0.1, 0.15) is 0 Å². The summed E-state index contributed by atoms with van der Waals surface area (Å²) in [5, 5.41) is 5.66. The third kappa shape index (κ3) is 1.77. The third-order valence-corrected chi connectivity index (χ3v) is 2.98. The smallest absolute Gasteiger partial charge is 0.226 e. The lowest BCUT2D eigenvalue weighted by Crippen LogP contribution is -1.85. The van der Waals surface area contributed by atoms with Gasteiger partial charge in [0, 0.05) is 23.2 Å². The first-order valence-electron chi connectivity index (χ1n) is 4.91. The zero-order chi connectivity index (χ0) is 11.8. The predicted octanol–water partition coefficient (Wildman–Crippen LogP) is 4.20. The van der Waals surface area contributed by atoms with Gasteiger partial charge in [0.25, 0.3) is 0 Å². The molecule has 0 fully saturated rings. The van der Waals surface area contributed by atoms with Crippen LogP contribution in [0.15, 0.2) is 41.1 Å². The monoisotopic (exact) mass is 264 g/mol. The minimum Gasteiger partial charge on any atom is -0.344 e. The van der Waals surface area contributed by atoms with Gasteiger partial charge in [-0.2, -0.15) is 0 Å². The highest BCUT2D eigenvalue weighted by molar-refractivity contribution is 6.35. The first-order chi connectivity index (χ1) is 8.25. The molecule has 3 aromatic rings. The molecule has 5 heteroatoms. The van der Waals surface area contributed by atoms with Gasteiger partial charge in [-0.1, -0.05) is 16.8 Å². The van der Waals surface area contributed by atoms with Crippen molar-refractivity contribution in [2.75, 3.05) is 0 Å². The number of fused-ring (bicyclic) bond motifs is 1. The summed E-state index contributed by atoms with van der Waals surface area (Å²) in [6.45, 7) is 0. The minimum absolute atomic E-state index is 0.249. The van der Waals surface area contributed by atoms with E-state index in [0.29, 0.717) is 10.7 Å². The number of pyridine rings is 1. The average Bonchev–Trinajstić information content (AvgIpc) is 2.77. The maximum Gasteiger partial charge on any atom is 0.226 e. The lowest BCUT2D eigenvalue weighted by molar-refractivity contribution is 0.424. The van der Waals surface area contributed by atoms with Crippen molar-refractivity contribution < 1.29 is 4.52 Å². The van der Waals surface area contributed by atoms with Gasteiger partial charge in [0.1, 0.15) is 5.69 Å². The fourth-order valence-corrected chi connectivity index (χ4v) is 2.08. The maximum atomic E-state index is 6.11. The number of hydrogen-bond donors (Lipinski definition) is 0. The van der Waals surface area contributed by atoms with E-state index >= 15 is 0 Å². The molecule has 2 heterocycles. The van der Waals surface area contributed by atoms with Crippen molar-refractivity contribution in [2.45, 2.75) is 0 Å². The van der Waals surface area contributed by atoms with Crippen molar-refractivity contribution in [3.63, 3.8) is 0 Å². The van der Waals surface area contributed by atoms with Gasteiger partial charge < -0.3 is 4.52 Å². The number of aromatic nitrogens is 2. The van der Waals surface area contributed by atoms with Crippen molar-refractivity contribution in [1.29, 1.82) is 0 Å². The van der Waals surface area contributed by atoms with Gasteiger partial charge in [-0.05, 0) is 35.9 Å². The Hall–Kier alpha value is -1.58. The van der Waals surface area contributed by atoms with Crippen LogP contribution in [0, 0.1) is 0 Å². The lowest BCUT2D eigenvalue weighted by atomic mass is 10.1. The van der Waals surface area contributed by atoms with E-state index in [1.165, 1.54) is 0 Å². The van der Waals surface area contributed by atoms with Crippen LogP contribution in [0.4, 0.5) is 0 Å². The van der Waals surface area contributed by atoms with Gasteiger partial charge in [-0.3, -0.25) is 4.98 Å². The molecule has 0 bridgehead atoms. The topological polar surface area (TPSA) is 38.9 Å². The normalized spacial score (nSPS) is 10.9. The Bertz CT molecular complexity index is 694. The van der Waals surface area contributed by atoms with E-state index in [1.807, 2.05) is 24.3 Å². The van der Waals surface area contributed by atoms with E-state index in [9.17, 15) is 0 Å². The maximum absolute atomic E-state index is 6.11. The van der Waals surface area contributed by atoms with Crippen LogP contribution in [0.25, 0.3) is 22.2 Å². The van der Waals surface area contributed by atoms with Gasteiger partial charge in [-0.25, -0.2) is 0 Å². The van der Waals surface area contributed by atoms with Gasteiger partial charge in [0.15, 0.2) is 0 Å². The second kappa shape index (κ2) is 4.02. The Kier molecular flexibility index (Phi) is 2.50. The Balaban J connectivity index is 2.34. The van der Waals surface area contributed by atoms with Crippen LogP contribution in [-0.2, 0) is 0 Å². The minimum atomic E-state index is 0.249. The molecule has 0 radical (unpaired) electrons. The molecule has 0 saturated carbocycles. The van der Waals surface area contributed by atoms with Crippen molar-refractivity contribution in [2.24, 2.45) is 0 Å². The molecular formula is C12H6Cl2N2O. The summed E-state index contributed by atoms with van der Waals surface area (Å²) in [7, 11) is 0. The highest BCUT2D eigenvalue weighted by Crippen LogP contribution is 2.31. The summed E-state index contributed by atoms with van der Waals surface area (Å²) in [6.07, 6.45) is 1.71. The van der Waals surface area contributed by atoms with Crippen molar-refractivity contribution in [3.8, 4) is 11.3 Å². The molecule has 0 atom stereocenters. The number of halogens is 2. The first kappa shape index (κ1) is 10.6. The number of nitrogens with zero attached hydrogens (tertiary/aromatic N) is 2. The van der Waals surface area contributed by atoms with Crippen LogP contribution >= 0.6 is 23.2 Å². The molecule has 0 aliphatic carbocycles. The molecular weight excluding hydrogens is 259 g/mol. The van der Waals surface area contributed by atoms with E-state index in [0.717, 1.165) is 16.5 Å². The van der Waals surface area contributed by atoms with Gasteiger partial charge in [-0.15, -0.1) is 0 Å². The Morgan fingerprint density at radius 1 is 1.12 bits per heavy atom. The van der Waals surface area contributed by atoms with E-state index in [-0.39, 0.29) is 5.22 Å². The van der Waals surface area contributed by atoms with Crippen molar-refractivity contribution >= 4 is 34.1 Å². The summed E-state index contributed by atoms with van der Waals surface area (Å²) < 4.78 is 4.85. The zero-order valence-electron chi connectivity index (χ0n) is 8.52. The summed E-state index contributed by atoms with van der Waals surface area (Å²) in [4.78, 5) is 4.32. The molecule has 84 valence electrons. The molecule has 1 aromatic carbocycles. The van der Waals surface area contributed by atoms with Crippen LogP contribution < -0.4 is 0 Å². The van der Waals surface area contributed by atoms with Gasteiger partial charge in [0.2, 0.25) is 5.22 Å². The summed E-state index contributed by atoms with van der Waals surface area (Å²) in [5.74, 6) is 0. The average molecular weight is 265 g/mol. The van der Waals surface area contributed by atoms with Crippen LogP contribution in [0.5, 0.6) is 0 Å². The molecule has 0 saturated heterocycles. The number of benzene rings is 1. The molecule has 3 nitrogen and oxygen atoms in total. The van der Waals surface area contributed by atoms with Crippen LogP contribution in [0.2, 0.25) is 10.2 Å². The molecule has 17 heavy (non-hydrogen) atoms. The molecule has 2 aromatic heterocycles. The Morgan fingerprint density at radius 3 is 2.76 bits per heavy atom. The highest BCUT2D eigenvalue weighted by atomic mass is 35.5. The molecule has 0 aliphatic heterocycles. The molecule has 3 rings (SSSR count). The number of rotatable bonds is 1. The predicted molar refractivity (Wildman–Crippen MR) is 67.3 cm³/mol. The first-order valence-corrected chi connectivity index (χ1v) is 5.67. The van der Waals surface area contributed by atoms with E-state index in [1.54, 1.807) is 12.3 Å². The molecule has 0 N–H and O–H groups in total. The fraction of sp³-hybridized carbons (Fsp3) is 0. The standard InChI is InChI=1S/C12H6Cl2N2O/c13-9-4-3-8(10-6-11(14)17-16-10)12-7(9)2-1-5-15-12/h1-6H. The third-order valence-electron chi connectivity index (χ3n) is 2.47. The molecule has 0 amide bonds. The van der Waals surface area contributed by atoms with Gasteiger partial charge in [0.05, 0.1) is 10.5 Å². The highest BCUT2D eigenvalue weighted by Gasteiger charge is 2.11. The van der Waals surface area contributed by atoms with E-state index < -0.39 is 0 Å². The summed E-state index contributed by atoms with van der Waals surface area (Å²) in [5.41, 5.74) is 2.28. The van der Waals surface area contributed by atoms with E-state index in [4.69, 9.17) is 27.7 Å². The van der Waals surface area contributed by atoms with Crippen LogP contribution in [0.3, 0.4) is 0 Å². The second-order valence-corrected chi connectivity index (χ2v) is 4.29. The Labute approximate surface area is 107 Å². The zero-order valence-corrected chi connectivity index (χ0v) is 10.0. The number of hydrogen-bond acceptors (Lipinski definition) is 3. The quantitative estimate of drug-likeness (QED) is 0.662. The fourth-order valence-electron chi connectivity index (χ4n) is 1.72. The lowest BCUT2D eigenvalue weighted by Gasteiger charge is -2.03. The van der Waals surface area contributed by atoms with Gasteiger partial charge >= 0.3 is 0 Å². The Morgan fingerprint density at radius 2 is 2.00 bits per heavy atom. The van der Waals surface area contributed by atoms with E-state index in [2.05, 4.69) is 10.1 Å².